The van der Waals surface area contributed by atoms with E-state index in [1.54, 1.807) is 24.3 Å². The lowest BCUT2D eigenvalue weighted by molar-refractivity contribution is 0.183. The molecule has 0 fully saturated rings. The number of halogens is 2. The third-order valence-electron chi connectivity index (χ3n) is 6.08. The van der Waals surface area contributed by atoms with Crippen molar-refractivity contribution in [3.63, 3.8) is 0 Å². The molecule has 0 amide bonds. The van der Waals surface area contributed by atoms with E-state index in [4.69, 9.17) is 16.6 Å². The Bertz CT molecular complexity index is 1050. The monoisotopic (exact) mass is 471 g/mol. The molecule has 1 atom stereocenters. The van der Waals surface area contributed by atoms with E-state index in [2.05, 4.69) is 37.2 Å². The van der Waals surface area contributed by atoms with Gasteiger partial charge in [0.2, 0.25) is 0 Å². The molecule has 0 saturated carbocycles. The van der Waals surface area contributed by atoms with Crippen molar-refractivity contribution in [1.82, 2.24) is 14.5 Å². The average molecular weight is 472 g/mol. The summed E-state index contributed by atoms with van der Waals surface area (Å²) in [4.78, 5) is 7.14. The van der Waals surface area contributed by atoms with E-state index < -0.39 is 0 Å². The lowest BCUT2D eigenvalue weighted by Crippen LogP contribution is -2.30. The van der Waals surface area contributed by atoms with Crippen molar-refractivity contribution < 1.29 is 9.50 Å². The molecule has 0 bridgehead atoms. The van der Waals surface area contributed by atoms with Gasteiger partial charge in [0.1, 0.15) is 17.4 Å². The maximum Gasteiger partial charge on any atom is 0.140 e. The number of nitrogens with zero attached hydrogens (tertiary/aromatic N) is 3. The van der Waals surface area contributed by atoms with Crippen LogP contribution in [0.5, 0.6) is 5.75 Å². The molecule has 0 saturated heterocycles. The van der Waals surface area contributed by atoms with Crippen molar-refractivity contribution in [2.45, 2.75) is 66.1 Å². The largest absolute Gasteiger partial charge is 0.508 e. The van der Waals surface area contributed by atoms with Crippen LogP contribution in [0.15, 0.2) is 48.7 Å². The fraction of sp³-hybridized carbons (Fsp3) is 0.444. The van der Waals surface area contributed by atoms with E-state index in [0.717, 1.165) is 55.0 Å². The highest BCUT2D eigenvalue weighted by Crippen LogP contribution is 2.31. The number of hydrogen-bond donors (Lipinski definition) is 1. The topological polar surface area (TPSA) is 41.3 Å². The van der Waals surface area contributed by atoms with Crippen LogP contribution in [0.25, 0.3) is 11.4 Å². The van der Waals surface area contributed by atoms with E-state index in [1.165, 1.54) is 6.07 Å². The summed E-state index contributed by atoms with van der Waals surface area (Å²) in [6.45, 7) is 11.2. The number of aromatic nitrogens is 2. The van der Waals surface area contributed by atoms with E-state index in [9.17, 15) is 9.50 Å². The van der Waals surface area contributed by atoms with Gasteiger partial charge in [-0.25, -0.2) is 9.37 Å². The average Bonchev–Trinajstić information content (AvgIpc) is 3.19. The molecule has 3 rings (SSSR count). The Morgan fingerprint density at radius 1 is 1.15 bits per heavy atom. The molecule has 4 nitrogen and oxygen atoms in total. The van der Waals surface area contributed by atoms with Gasteiger partial charge >= 0.3 is 0 Å². The zero-order valence-corrected chi connectivity index (χ0v) is 20.8. The number of hydrogen-bond acceptors (Lipinski definition) is 3. The van der Waals surface area contributed by atoms with E-state index in [0.29, 0.717) is 17.5 Å². The Kier molecular flexibility index (Phi) is 8.93. The van der Waals surface area contributed by atoms with Crippen LogP contribution in [0.4, 0.5) is 4.39 Å². The highest BCUT2D eigenvalue weighted by Gasteiger charge is 2.23. The standard InChI is InChI=1S/C27H35ClFN3O/c1-5-6-13-32-26(17-30-27(32)21-8-7-9-23(29)15-21)20(4)31(14-12-19(2)3)18-22-10-11-24(33)16-25(22)28/h7-11,15-17,19-20,33H,5-6,12-14,18H2,1-4H3. The van der Waals surface area contributed by atoms with Crippen LogP contribution in [0.1, 0.15) is 64.3 Å². The van der Waals surface area contributed by atoms with Crippen molar-refractivity contribution >= 4 is 11.6 Å². The van der Waals surface area contributed by atoms with Gasteiger partial charge in [-0.15, -0.1) is 0 Å². The molecule has 1 heterocycles. The number of rotatable bonds is 11. The third-order valence-corrected chi connectivity index (χ3v) is 6.44. The van der Waals surface area contributed by atoms with Gasteiger partial charge in [-0.1, -0.05) is 57.0 Å². The molecule has 3 aromatic rings. The number of imidazole rings is 1. The minimum absolute atomic E-state index is 0.0836. The summed E-state index contributed by atoms with van der Waals surface area (Å²) < 4.78 is 16.2. The summed E-state index contributed by atoms with van der Waals surface area (Å²) in [6, 6.07) is 11.9. The Morgan fingerprint density at radius 2 is 1.94 bits per heavy atom. The molecule has 0 spiro atoms. The quantitative estimate of drug-likeness (QED) is 0.315. The van der Waals surface area contributed by atoms with Crippen LogP contribution in [0.3, 0.4) is 0 Å². The first-order chi connectivity index (χ1) is 15.8. The molecule has 0 aliphatic rings. The molecule has 0 radical (unpaired) electrons. The van der Waals surface area contributed by atoms with Gasteiger partial charge in [0.15, 0.2) is 0 Å². The van der Waals surface area contributed by atoms with Crippen LogP contribution < -0.4 is 0 Å². The number of phenolic OH excluding ortho intramolecular Hbond substituents is 1. The van der Waals surface area contributed by atoms with Crippen molar-refractivity contribution in [2.24, 2.45) is 5.92 Å². The van der Waals surface area contributed by atoms with Crippen LogP contribution >= 0.6 is 11.6 Å². The predicted molar refractivity (Wildman–Crippen MR) is 134 cm³/mol. The Labute approximate surface area is 202 Å². The molecule has 6 heteroatoms. The zero-order valence-electron chi connectivity index (χ0n) is 20.1. The molecule has 1 N–H and O–H groups in total. The van der Waals surface area contributed by atoms with Gasteiger partial charge < -0.3 is 9.67 Å². The van der Waals surface area contributed by atoms with Gasteiger partial charge in [-0.2, -0.15) is 0 Å². The Morgan fingerprint density at radius 3 is 2.61 bits per heavy atom. The summed E-state index contributed by atoms with van der Waals surface area (Å²) in [5, 5.41) is 10.3. The van der Waals surface area contributed by atoms with Crippen LogP contribution in [0.2, 0.25) is 5.02 Å². The number of aromatic hydroxyl groups is 1. The van der Waals surface area contributed by atoms with Crippen molar-refractivity contribution in [2.75, 3.05) is 6.54 Å². The van der Waals surface area contributed by atoms with E-state index >= 15 is 0 Å². The van der Waals surface area contributed by atoms with Crippen molar-refractivity contribution in [3.05, 3.63) is 70.8 Å². The first-order valence-electron chi connectivity index (χ1n) is 11.8. The van der Waals surface area contributed by atoms with Gasteiger partial charge in [-0.05, 0) is 62.1 Å². The van der Waals surface area contributed by atoms with Crippen molar-refractivity contribution in [3.8, 4) is 17.1 Å². The maximum absolute atomic E-state index is 13.9. The highest BCUT2D eigenvalue weighted by atomic mass is 35.5. The zero-order chi connectivity index (χ0) is 24.0. The first kappa shape index (κ1) is 25.3. The lowest BCUT2D eigenvalue weighted by atomic mass is 10.1. The SMILES string of the molecule is CCCCn1c(C(C)N(CCC(C)C)Cc2ccc(O)cc2Cl)cnc1-c1cccc(F)c1. The summed E-state index contributed by atoms with van der Waals surface area (Å²) in [5.74, 6) is 1.29. The maximum atomic E-state index is 13.9. The molecule has 1 unspecified atom stereocenters. The van der Waals surface area contributed by atoms with Gasteiger partial charge in [0.05, 0.1) is 11.9 Å². The van der Waals surface area contributed by atoms with Crippen LogP contribution in [-0.2, 0) is 13.1 Å². The molecule has 1 aromatic heterocycles. The number of unbranched alkanes of at least 4 members (excludes halogenated alkanes) is 1. The van der Waals surface area contributed by atoms with Gasteiger partial charge in [0.25, 0.3) is 0 Å². The van der Waals surface area contributed by atoms with Gasteiger partial charge in [-0.3, -0.25) is 4.90 Å². The summed E-state index contributed by atoms with van der Waals surface area (Å²) in [6.07, 6.45) is 5.07. The summed E-state index contributed by atoms with van der Waals surface area (Å²) >= 11 is 6.45. The normalized spacial score (nSPS) is 12.6. The molecular formula is C27H35ClFN3O. The van der Waals surface area contributed by atoms with Crippen LogP contribution in [0, 0.1) is 11.7 Å². The van der Waals surface area contributed by atoms with Crippen molar-refractivity contribution in [1.29, 1.82) is 0 Å². The number of phenols is 1. The molecule has 178 valence electrons. The first-order valence-corrected chi connectivity index (χ1v) is 12.2. The lowest BCUT2D eigenvalue weighted by Gasteiger charge is -2.31. The Hall–Kier alpha value is -2.37. The predicted octanol–water partition coefficient (Wildman–Crippen LogP) is 7.46. The molecule has 0 aliphatic carbocycles. The second kappa shape index (κ2) is 11.7. The summed E-state index contributed by atoms with van der Waals surface area (Å²) in [5.41, 5.74) is 2.89. The molecule has 33 heavy (non-hydrogen) atoms. The molecule has 2 aromatic carbocycles. The third kappa shape index (κ3) is 6.58. The minimum Gasteiger partial charge on any atom is -0.508 e. The highest BCUT2D eigenvalue weighted by molar-refractivity contribution is 6.31. The second-order valence-electron chi connectivity index (χ2n) is 9.13. The van der Waals surface area contributed by atoms with Crippen LogP contribution in [-0.4, -0.2) is 26.1 Å². The van der Waals surface area contributed by atoms with Gasteiger partial charge in [0, 0.05) is 29.7 Å². The fourth-order valence-electron chi connectivity index (χ4n) is 4.04. The molecular weight excluding hydrogens is 437 g/mol. The fourth-order valence-corrected chi connectivity index (χ4v) is 4.27. The summed E-state index contributed by atoms with van der Waals surface area (Å²) in [7, 11) is 0. The minimum atomic E-state index is -0.257. The van der Waals surface area contributed by atoms with E-state index in [1.807, 2.05) is 18.3 Å². The molecule has 0 aliphatic heterocycles. The Balaban J connectivity index is 1.97. The number of benzene rings is 2. The second-order valence-corrected chi connectivity index (χ2v) is 9.53. The van der Waals surface area contributed by atoms with E-state index in [-0.39, 0.29) is 17.6 Å². The smallest absolute Gasteiger partial charge is 0.140 e.